The number of hydrogen-bond donors (Lipinski definition) is 2. The molecule has 0 aromatic heterocycles. The fourth-order valence-corrected chi connectivity index (χ4v) is 4.68. The van der Waals surface area contributed by atoms with Gasteiger partial charge in [-0.25, -0.2) is 9.59 Å². The lowest BCUT2D eigenvalue weighted by atomic mass is 10.0. The lowest BCUT2D eigenvalue weighted by Crippen LogP contribution is -2.46. The van der Waals surface area contributed by atoms with Crippen molar-refractivity contribution in [3.8, 4) is 0 Å². The number of alkyl carbamates (subject to hydrolysis) is 1. The van der Waals surface area contributed by atoms with Crippen LogP contribution in [0, 0.1) is 5.92 Å². The second-order valence-corrected chi connectivity index (χ2v) is 11.6. The Hall–Kier alpha value is -2.12. The van der Waals surface area contributed by atoms with Crippen molar-refractivity contribution in [2.24, 2.45) is 5.92 Å². The number of rotatable bonds is 26. The van der Waals surface area contributed by atoms with E-state index in [9.17, 15) is 14.7 Å². The third-order valence-electron chi connectivity index (χ3n) is 7.28. The number of hydrogen-bond acceptors (Lipinski definition) is 6. The minimum atomic E-state index is -0.905. The van der Waals surface area contributed by atoms with Crippen molar-refractivity contribution in [1.82, 2.24) is 5.32 Å². The summed E-state index contributed by atoms with van der Waals surface area (Å²) >= 11 is 0. The SMILES string of the molecule is CCCCCCCCCCCCCCCCCCOCC(O)COC(=O)C(NC(=O)OCc1ccccc1)C(C)C. The fourth-order valence-electron chi connectivity index (χ4n) is 4.68. The van der Waals surface area contributed by atoms with E-state index < -0.39 is 24.2 Å². The fraction of sp³-hybridized carbons (Fsp3) is 0.765. The molecule has 1 rings (SSSR count). The molecule has 1 amide bonds. The van der Waals surface area contributed by atoms with Crippen LogP contribution >= 0.6 is 0 Å². The monoisotopic (exact) mass is 577 g/mol. The number of nitrogens with one attached hydrogen (secondary N) is 1. The van der Waals surface area contributed by atoms with Gasteiger partial charge in [-0.2, -0.15) is 0 Å². The van der Waals surface area contributed by atoms with Crippen molar-refractivity contribution in [3.05, 3.63) is 35.9 Å². The van der Waals surface area contributed by atoms with Gasteiger partial charge in [0, 0.05) is 6.61 Å². The Morgan fingerprint density at radius 1 is 0.732 bits per heavy atom. The van der Waals surface area contributed by atoms with Gasteiger partial charge >= 0.3 is 12.1 Å². The van der Waals surface area contributed by atoms with Crippen LogP contribution in [0.4, 0.5) is 4.79 Å². The number of benzene rings is 1. The maximum absolute atomic E-state index is 12.5. The minimum absolute atomic E-state index is 0.113. The van der Waals surface area contributed by atoms with E-state index in [1.807, 2.05) is 30.3 Å². The van der Waals surface area contributed by atoms with Crippen LogP contribution in [0.15, 0.2) is 30.3 Å². The molecule has 0 fully saturated rings. The van der Waals surface area contributed by atoms with Crippen molar-refractivity contribution in [1.29, 1.82) is 0 Å². The van der Waals surface area contributed by atoms with E-state index in [1.165, 1.54) is 89.9 Å². The number of carbonyl (C=O) groups is 2. The smallest absolute Gasteiger partial charge is 0.408 e. The Labute approximate surface area is 250 Å². The number of amides is 1. The molecule has 1 aromatic carbocycles. The first-order valence-electron chi connectivity index (χ1n) is 16.3. The first-order valence-corrected chi connectivity index (χ1v) is 16.3. The second-order valence-electron chi connectivity index (χ2n) is 11.6. The molecule has 0 aliphatic rings. The summed E-state index contributed by atoms with van der Waals surface area (Å²) in [5, 5.41) is 12.7. The zero-order valence-electron chi connectivity index (χ0n) is 26.2. The number of aliphatic hydroxyl groups excluding tert-OH is 1. The molecule has 0 spiro atoms. The van der Waals surface area contributed by atoms with Crippen LogP contribution in [-0.4, -0.2) is 49.1 Å². The van der Waals surface area contributed by atoms with Gasteiger partial charge in [-0.15, -0.1) is 0 Å². The molecule has 0 saturated heterocycles. The van der Waals surface area contributed by atoms with Gasteiger partial charge in [-0.05, 0) is 17.9 Å². The second kappa shape index (κ2) is 25.6. The third kappa shape index (κ3) is 21.3. The molecule has 2 atom stereocenters. The number of aliphatic hydroxyl groups is 1. The molecule has 2 N–H and O–H groups in total. The van der Waals surface area contributed by atoms with Crippen molar-refractivity contribution in [2.45, 2.75) is 142 Å². The summed E-state index contributed by atoms with van der Waals surface area (Å²) in [5.41, 5.74) is 0.856. The van der Waals surface area contributed by atoms with Gasteiger partial charge in [-0.1, -0.05) is 147 Å². The van der Waals surface area contributed by atoms with Crippen LogP contribution in [0.5, 0.6) is 0 Å². The summed E-state index contributed by atoms with van der Waals surface area (Å²) in [6, 6.07) is 8.45. The molecular formula is C34H59NO6. The zero-order chi connectivity index (χ0) is 30.0. The van der Waals surface area contributed by atoms with Crippen LogP contribution in [0.25, 0.3) is 0 Å². The molecule has 0 bridgehead atoms. The average molecular weight is 578 g/mol. The summed E-state index contributed by atoms with van der Waals surface area (Å²) in [6.07, 6.45) is 19.6. The summed E-state index contributed by atoms with van der Waals surface area (Å²) in [4.78, 5) is 24.7. The summed E-state index contributed by atoms with van der Waals surface area (Å²) in [5.74, 6) is -0.802. The van der Waals surface area contributed by atoms with E-state index in [0.717, 1.165) is 18.4 Å². The largest absolute Gasteiger partial charge is 0.461 e. The Bertz CT molecular complexity index is 757. The Morgan fingerprint density at radius 3 is 1.76 bits per heavy atom. The van der Waals surface area contributed by atoms with Gasteiger partial charge in [0.2, 0.25) is 0 Å². The number of unbranched alkanes of at least 4 members (excludes halogenated alkanes) is 15. The molecule has 0 radical (unpaired) electrons. The van der Waals surface area contributed by atoms with Gasteiger partial charge in [0.15, 0.2) is 0 Å². The van der Waals surface area contributed by atoms with Crippen LogP contribution in [0.1, 0.15) is 129 Å². The number of ether oxygens (including phenoxy) is 3. The van der Waals surface area contributed by atoms with E-state index in [0.29, 0.717) is 6.61 Å². The van der Waals surface area contributed by atoms with Crippen molar-refractivity contribution in [2.75, 3.05) is 19.8 Å². The summed E-state index contributed by atoms with van der Waals surface area (Å²) in [6.45, 7) is 6.52. The topological polar surface area (TPSA) is 94.1 Å². The van der Waals surface area contributed by atoms with E-state index in [-0.39, 0.29) is 25.7 Å². The third-order valence-corrected chi connectivity index (χ3v) is 7.28. The molecule has 2 unspecified atom stereocenters. The highest BCUT2D eigenvalue weighted by atomic mass is 16.6. The molecule has 1 aromatic rings. The number of carbonyl (C=O) groups excluding carboxylic acids is 2. The van der Waals surface area contributed by atoms with Crippen molar-refractivity contribution in [3.63, 3.8) is 0 Å². The Balaban J connectivity index is 1.98. The molecule has 7 heteroatoms. The Morgan fingerprint density at radius 2 is 1.24 bits per heavy atom. The predicted molar refractivity (Wildman–Crippen MR) is 166 cm³/mol. The van der Waals surface area contributed by atoms with Crippen LogP contribution in [-0.2, 0) is 25.6 Å². The van der Waals surface area contributed by atoms with E-state index in [2.05, 4.69) is 12.2 Å². The van der Waals surface area contributed by atoms with E-state index >= 15 is 0 Å². The molecule has 0 saturated carbocycles. The summed E-state index contributed by atoms with van der Waals surface area (Å²) in [7, 11) is 0. The van der Waals surface area contributed by atoms with Crippen LogP contribution in [0.3, 0.4) is 0 Å². The van der Waals surface area contributed by atoms with Gasteiger partial charge < -0.3 is 24.6 Å². The molecule has 0 aliphatic carbocycles. The van der Waals surface area contributed by atoms with Crippen LogP contribution < -0.4 is 5.32 Å². The molecule has 0 aliphatic heterocycles. The molecular weight excluding hydrogens is 518 g/mol. The van der Waals surface area contributed by atoms with Crippen LogP contribution in [0.2, 0.25) is 0 Å². The highest BCUT2D eigenvalue weighted by molar-refractivity contribution is 5.81. The lowest BCUT2D eigenvalue weighted by molar-refractivity contribution is -0.151. The highest BCUT2D eigenvalue weighted by Gasteiger charge is 2.27. The normalized spacial score (nSPS) is 12.7. The predicted octanol–water partition coefficient (Wildman–Crippen LogP) is 8.12. The lowest BCUT2D eigenvalue weighted by Gasteiger charge is -2.21. The first kappa shape index (κ1) is 36.9. The van der Waals surface area contributed by atoms with Gasteiger partial charge in [0.05, 0.1) is 6.61 Å². The minimum Gasteiger partial charge on any atom is -0.461 e. The molecule has 7 nitrogen and oxygen atoms in total. The maximum atomic E-state index is 12.5. The standard InChI is InChI=1S/C34H59NO6/c1-4-5-6-7-8-9-10-11-12-13-14-15-16-17-18-22-25-39-27-31(36)28-40-33(37)32(29(2)3)35-34(38)41-26-30-23-20-19-21-24-30/h19-21,23-24,29,31-32,36H,4-18,22,25-28H2,1-3H3,(H,35,38). The van der Waals surface area contributed by atoms with Gasteiger partial charge in [0.25, 0.3) is 0 Å². The zero-order valence-corrected chi connectivity index (χ0v) is 26.2. The summed E-state index contributed by atoms with van der Waals surface area (Å²) < 4.78 is 16.0. The van der Waals surface area contributed by atoms with Crippen molar-refractivity contribution >= 4 is 12.1 Å². The van der Waals surface area contributed by atoms with E-state index in [1.54, 1.807) is 13.8 Å². The molecule has 41 heavy (non-hydrogen) atoms. The molecule has 236 valence electrons. The van der Waals surface area contributed by atoms with Crippen molar-refractivity contribution < 1.29 is 28.9 Å². The highest BCUT2D eigenvalue weighted by Crippen LogP contribution is 2.14. The quantitative estimate of drug-likeness (QED) is 0.0853. The van der Waals surface area contributed by atoms with Gasteiger partial charge in [0.1, 0.15) is 25.4 Å². The Kier molecular flexibility index (Phi) is 23.0. The first-order chi connectivity index (χ1) is 19.9. The molecule has 0 heterocycles. The maximum Gasteiger partial charge on any atom is 0.408 e. The van der Waals surface area contributed by atoms with Gasteiger partial charge in [-0.3, -0.25) is 0 Å². The van der Waals surface area contributed by atoms with E-state index in [4.69, 9.17) is 14.2 Å². The average Bonchev–Trinajstić information content (AvgIpc) is 2.97. The number of esters is 1.